The molecule has 162 valence electrons. The van der Waals surface area contributed by atoms with Crippen molar-refractivity contribution in [3.8, 4) is 28.4 Å². The molecule has 3 aromatic rings. The van der Waals surface area contributed by atoms with Gasteiger partial charge in [0.15, 0.2) is 11.5 Å². The first kappa shape index (κ1) is 19.9. The number of esters is 2. The van der Waals surface area contributed by atoms with Crippen LogP contribution in [0.1, 0.15) is 12.0 Å². The third-order valence-electron chi connectivity index (χ3n) is 5.12. The van der Waals surface area contributed by atoms with Gasteiger partial charge in [0.25, 0.3) is 0 Å². The molecule has 1 aromatic heterocycles. The van der Waals surface area contributed by atoms with Crippen molar-refractivity contribution in [2.24, 2.45) is 0 Å². The minimum Gasteiger partial charge on any atom is -0.486 e. The molecule has 0 N–H and O–H groups in total. The highest BCUT2D eigenvalue weighted by molar-refractivity contribution is 5.91. The summed E-state index contributed by atoms with van der Waals surface area (Å²) in [4.78, 5) is 23.8. The number of ether oxygens (including phenoxy) is 4. The van der Waals surface area contributed by atoms with Crippen LogP contribution in [0.25, 0.3) is 23.0 Å². The highest BCUT2D eigenvalue weighted by Gasteiger charge is 2.29. The molecule has 5 rings (SSSR count). The second-order valence-corrected chi connectivity index (χ2v) is 7.29. The molecular weight excluding hydrogens is 412 g/mol. The minimum atomic E-state index is -0.851. The van der Waals surface area contributed by atoms with E-state index < -0.39 is 18.0 Å². The highest BCUT2D eigenvalue weighted by atomic mass is 16.6. The third kappa shape index (κ3) is 4.07. The number of rotatable bonds is 5. The van der Waals surface area contributed by atoms with E-state index in [0.717, 1.165) is 11.3 Å². The molecule has 1 unspecified atom stereocenters. The first-order valence-electron chi connectivity index (χ1n) is 10.3. The van der Waals surface area contributed by atoms with Crippen LogP contribution in [-0.4, -0.2) is 47.6 Å². The monoisotopic (exact) mass is 432 g/mol. The van der Waals surface area contributed by atoms with E-state index >= 15 is 0 Å². The van der Waals surface area contributed by atoms with Gasteiger partial charge in [0.2, 0.25) is 6.10 Å². The third-order valence-corrected chi connectivity index (χ3v) is 5.12. The maximum Gasteiger partial charge on any atom is 0.347 e. The molecule has 1 atom stereocenters. The zero-order valence-corrected chi connectivity index (χ0v) is 17.1. The van der Waals surface area contributed by atoms with E-state index in [0.29, 0.717) is 42.4 Å². The molecule has 8 heteroatoms. The summed E-state index contributed by atoms with van der Waals surface area (Å²) in [6.45, 7) is 1.26. The quantitative estimate of drug-likeness (QED) is 0.452. The molecule has 32 heavy (non-hydrogen) atoms. The van der Waals surface area contributed by atoms with Crippen molar-refractivity contribution < 1.29 is 28.5 Å². The first-order chi connectivity index (χ1) is 15.7. The van der Waals surface area contributed by atoms with Crippen LogP contribution < -0.4 is 9.47 Å². The number of carbonyl (C=O) groups excluding carboxylic acids is 2. The van der Waals surface area contributed by atoms with Crippen LogP contribution in [0.4, 0.5) is 0 Å². The Balaban J connectivity index is 1.47. The number of hydrogen-bond donors (Lipinski definition) is 0. The Labute approximate surface area is 184 Å². The van der Waals surface area contributed by atoms with Crippen molar-refractivity contribution in [1.29, 1.82) is 0 Å². The average Bonchev–Trinajstić information content (AvgIpc) is 3.44. The average molecular weight is 432 g/mol. The molecule has 0 bridgehead atoms. The number of benzene rings is 2. The van der Waals surface area contributed by atoms with Crippen LogP contribution in [0.15, 0.2) is 60.8 Å². The van der Waals surface area contributed by atoms with E-state index in [1.54, 1.807) is 10.8 Å². The van der Waals surface area contributed by atoms with E-state index in [1.807, 2.05) is 54.7 Å². The van der Waals surface area contributed by atoms with Gasteiger partial charge in [0, 0.05) is 29.8 Å². The number of hydrogen-bond acceptors (Lipinski definition) is 7. The Morgan fingerprint density at radius 2 is 1.84 bits per heavy atom. The molecule has 1 saturated heterocycles. The van der Waals surface area contributed by atoms with Crippen molar-refractivity contribution in [3.05, 3.63) is 66.4 Å². The molecule has 0 saturated carbocycles. The van der Waals surface area contributed by atoms with Crippen molar-refractivity contribution in [2.75, 3.05) is 19.8 Å². The summed E-state index contributed by atoms with van der Waals surface area (Å²) in [5, 5.41) is 4.74. The maximum atomic E-state index is 12.3. The van der Waals surface area contributed by atoms with E-state index in [-0.39, 0.29) is 6.61 Å². The summed E-state index contributed by atoms with van der Waals surface area (Å²) in [6, 6.07) is 15.3. The second-order valence-electron chi connectivity index (χ2n) is 7.29. The first-order valence-corrected chi connectivity index (χ1v) is 10.3. The van der Waals surface area contributed by atoms with Gasteiger partial charge in [-0.1, -0.05) is 18.2 Å². The zero-order chi connectivity index (χ0) is 21.9. The van der Waals surface area contributed by atoms with Gasteiger partial charge in [0.05, 0.1) is 12.3 Å². The highest BCUT2D eigenvalue weighted by Crippen LogP contribution is 2.35. The summed E-state index contributed by atoms with van der Waals surface area (Å²) < 4.78 is 23.1. The smallest absolute Gasteiger partial charge is 0.347 e. The molecule has 8 nitrogen and oxygen atoms in total. The van der Waals surface area contributed by atoms with Crippen molar-refractivity contribution in [3.63, 3.8) is 0 Å². The lowest BCUT2D eigenvalue weighted by Gasteiger charge is -2.18. The molecular formula is C24H20N2O6. The maximum absolute atomic E-state index is 12.3. The lowest BCUT2D eigenvalue weighted by molar-refractivity contribution is -0.156. The predicted molar refractivity (Wildman–Crippen MR) is 114 cm³/mol. The molecule has 0 radical (unpaired) electrons. The van der Waals surface area contributed by atoms with Gasteiger partial charge >= 0.3 is 11.9 Å². The van der Waals surface area contributed by atoms with E-state index in [1.165, 1.54) is 6.08 Å². The molecule has 1 fully saturated rings. The number of cyclic esters (lactones) is 1. The van der Waals surface area contributed by atoms with Crippen molar-refractivity contribution >= 4 is 18.0 Å². The molecule has 2 aliphatic rings. The fourth-order valence-electron chi connectivity index (χ4n) is 3.56. The minimum absolute atomic E-state index is 0.263. The number of aromatic nitrogens is 2. The summed E-state index contributed by atoms with van der Waals surface area (Å²) >= 11 is 0. The summed E-state index contributed by atoms with van der Waals surface area (Å²) in [7, 11) is 0. The lowest BCUT2D eigenvalue weighted by atomic mass is 10.1. The fourth-order valence-corrected chi connectivity index (χ4v) is 3.56. The number of carbonyl (C=O) groups is 2. The largest absolute Gasteiger partial charge is 0.486 e. The molecule has 0 spiro atoms. The Bertz CT molecular complexity index is 1180. The van der Waals surface area contributed by atoms with Crippen LogP contribution in [0.2, 0.25) is 0 Å². The number of fused-ring (bicyclic) bond motifs is 1. The normalized spacial score (nSPS) is 17.4. The summed E-state index contributed by atoms with van der Waals surface area (Å²) in [5.41, 5.74) is 3.06. The molecule has 0 amide bonds. The van der Waals surface area contributed by atoms with Crippen LogP contribution in [0, 0.1) is 0 Å². The van der Waals surface area contributed by atoms with Gasteiger partial charge in [-0.25, -0.2) is 14.3 Å². The number of nitrogens with zero attached hydrogens (tertiary/aromatic N) is 2. The Kier molecular flexibility index (Phi) is 5.33. The summed E-state index contributed by atoms with van der Waals surface area (Å²) in [6.07, 6.45) is 4.26. The van der Waals surface area contributed by atoms with E-state index in [2.05, 4.69) is 0 Å². The van der Waals surface area contributed by atoms with Gasteiger partial charge < -0.3 is 18.9 Å². The van der Waals surface area contributed by atoms with Crippen molar-refractivity contribution in [2.45, 2.75) is 12.5 Å². The van der Waals surface area contributed by atoms with Gasteiger partial charge in [-0.3, -0.25) is 0 Å². The van der Waals surface area contributed by atoms with E-state index in [9.17, 15) is 9.59 Å². The van der Waals surface area contributed by atoms with Gasteiger partial charge in [0.1, 0.15) is 18.9 Å². The van der Waals surface area contributed by atoms with Gasteiger partial charge in [-0.15, -0.1) is 0 Å². The van der Waals surface area contributed by atoms with Crippen LogP contribution in [0.5, 0.6) is 11.5 Å². The Hall–Kier alpha value is -4.07. The topological polar surface area (TPSA) is 88.9 Å². The van der Waals surface area contributed by atoms with Crippen LogP contribution >= 0.6 is 0 Å². The molecule has 0 aliphatic carbocycles. The van der Waals surface area contributed by atoms with Crippen LogP contribution in [0.3, 0.4) is 0 Å². The van der Waals surface area contributed by atoms with Crippen molar-refractivity contribution in [1.82, 2.24) is 9.78 Å². The lowest BCUT2D eigenvalue weighted by Crippen LogP contribution is -2.21. The predicted octanol–water partition coefficient (Wildman–Crippen LogP) is 3.18. The standard InChI is InChI=1S/C24H20N2O6/c27-22(32-20-10-11-31-24(20)28)9-7-17-15-26(18-4-2-1-3-5-18)25-23(17)16-6-8-19-21(14-16)30-13-12-29-19/h1-9,14-15,20H,10-13H2/b9-7+. The number of para-hydroxylation sites is 1. The van der Waals surface area contributed by atoms with Gasteiger partial charge in [-0.2, -0.15) is 5.10 Å². The van der Waals surface area contributed by atoms with E-state index in [4.69, 9.17) is 24.0 Å². The Morgan fingerprint density at radius 3 is 2.62 bits per heavy atom. The van der Waals surface area contributed by atoms with Gasteiger partial charge in [-0.05, 0) is 36.4 Å². The van der Waals surface area contributed by atoms with Crippen LogP contribution in [-0.2, 0) is 19.1 Å². The summed E-state index contributed by atoms with van der Waals surface area (Å²) in [5.74, 6) is 0.207. The Morgan fingerprint density at radius 1 is 1.03 bits per heavy atom. The second kappa shape index (κ2) is 8.58. The SMILES string of the molecule is O=C(/C=C/c1cn(-c2ccccc2)nc1-c1ccc2c(c1)OCCO2)OC1CCOC1=O. The molecule has 2 aliphatic heterocycles. The molecule has 2 aromatic carbocycles. The molecule has 3 heterocycles. The zero-order valence-electron chi connectivity index (χ0n) is 17.1. The fraction of sp³-hybridized carbons (Fsp3) is 0.208.